The Kier molecular flexibility index (Phi) is 4.06. The number of halogens is 3. The predicted molar refractivity (Wildman–Crippen MR) is 70.0 cm³/mol. The van der Waals surface area contributed by atoms with Crippen LogP contribution in [0.25, 0.3) is 0 Å². The minimum atomic E-state index is -4.70. The number of alkyl halides is 3. The Morgan fingerprint density at radius 3 is 2.00 bits per heavy atom. The van der Waals surface area contributed by atoms with Gasteiger partial charge in [-0.1, -0.05) is 19.3 Å². The van der Waals surface area contributed by atoms with Crippen LogP contribution in [-0.4, -0.2) is 35.6 Å². The van der Waals surface area contributed by atoms with E-state index in [4.69, 9.17) is 5.73 Å². The highest BCUT2D eigenvalue weighted by Gasteiger charge is 2.55. The maximum atomic E-state index is 12.8. The number of hydrogen-bond donors (Lipinski definition) is 1. The van der Waals surface area contributed by atoms with E-state index in [-0.39, 0.29) is 5.41 Å². The molecule has 3 nitrogen and oxygen atoms in total. The molecule has 1 atom stereocenters. The van der Waals surface area contributed by atoms with Crippen LogP contribution in [0, 0.1) is 5.41 Å². The Hall–Kier alpha value is -0.780. The largest absolute Gasteiger partial charge is 0.415 e. The lowest BCUT2D eigenvalue weighted by Gasteiger charge is -2.45. The number of carbonyl (C=O) groups is 1. The fourth-order valence-electron chi connectivity index (χ4n) is 3.44. The molecule has 0 aromatic rings. The first-order chi connectivity index (χ1) is 9.18. The van der Waals surface area contributed by atoms with Crippen molar-refractivity contribution in [1.29, 1.82) is 0 Å². The molecule has 2 rings (SSSR count). The summed E-state index contributed by atoms with van der Waals surface area (Å²) in [6.07, 6.45) is 2.86. The molecule has 1 aliphatic carbocycles. The van der Waals surface area contributed by atoms with Gasteiger partial charge in [0.1, 0.15) is 0 Å². The molecule has 1 spiro atoms. The molecule has 1 amide bonds. The SMILES string of the molecule is CC(N)(C(=O)N1CCC2(CCCCC2)CC1)C(F)(F)F. The summed E-state index contributed by atoms with van der Waals surface area (Å²) >= 11 is 0. The van der Waals surface area contributed by atoms with Gasteiger partial charge in [0.2, 0.25) is 0 Å². The zero-order valence-corrected chi connectivity index (χ0v) is 11.9. The van der Waals surface area contributed by atoms with E-state index in [1.165, 1.54) is 24.2 Å². The lowest BCUT2D eigenvalue weighted by Crippen LogP contribution is -2.63. The first-order valence-electron chi connectivity index (χ1n) is 7.33. The molecule has 116 valence electrons. The summed E-state index contributed by atoms with van der Waals surface area (Å²) in [6, 6.07) is 0. The molecular weight excluding hydrogens is 269 g/mol. The summed E-state index contributed by atoms with van der Waals surface area (Å²) in [5.41, 5.74) is 2.71. The summed E-state index contributed by atoms with van der Waals surface area (Å²) in [7, 11) is 0. The molecule has 20 heavy (non-hydrogen) atoms. The van der Waals surface area contributed by atoms with E-state index in [1.807, 2.05) is 0 Å². The third-order valence-electron chi connectivity index (χ3n) is 5.06. The fraction of sp³-hybridized carbons (Fsp3) is 0.929. The van der Waals surface area contributed by atoms with E-state index in [0.29, 0.717) is 13.1 Å². The zero-order valence-electron chi connectivity index (χ0n) is 11.9. The summed E-state index contributed by atoms with van der Waals surface area (Å²) in [5, 5.41) is 0. The minimum Gasteiger partial charge on any atom is -0.341 e. The molecule has 2 aliphatic rings. The van der Waals surface area contributed by atoms with Gasteiger partial charge in [0.25, 0.3) is 5.91 Å². The maximum Gasteiger partial charge on any atom is 0.415 e. The number of rotatable bonds is 1. The zero-order chi connectivity index (χ0) is 15.0. The molecule has 0 radical (unpaired) electrons. The van der Waals surface area contributed by atoms with Crippen molar-refractivity contribution in [3.05, 3.63) is 0 Å². The summed E-state index contributed by atoms with van der Waals surface area (Å²) in [6.45, 7) is 1.57. The lowest BCUT2D eigenvalue weighted by molar-refractivity contribution is -0.195. The van der Waals surface area contributed by atoms with Crippen molar-refractivity contribution < 1.29 is 18.0 Å². The number of piperidine rings is 1. The van der Waals surface area contributed by atoms with Crippen LogP contribution in [0.3, 0.4) is 0 Å². The number of hydrogen-bond acceptors (Lipinski definition) is 2. The van der Waals surface area contributed by atoms with Crippen molar-refractivity contribution in [2.75, 3.05) is 13.1 Å². The molecule has 1 heterocycles. The topological polar surface area (TPSA) is 46.3 Å². The minimum absolute atomic E-state index is 0.262. The summed E-state index contributed by atoms with van der Waals surface area (Å²) < 4.78 is 38.4. The van der Waals surface area contributed by atoms with Gasteiger partial charge < -0.3 is 10.6 Å². The normalized spacial score (nSPS) is 26.4. The van der Waals surface area contributed by atoms with E-state index in [9.17, 15) is 18.0 Å². The second-order valence-corrected chi connectivity index (χ2v) is 6.55. The van der Waals surface area contributed by atoms with E-state index in [2.05, 4.69) is 0 Å². The highest BCUT2D eigenvalue weighted by molar-refractivity contribution is 5.86. The highest BCUT2D eigenvalue weighted by Crippen LogP contribution is 2.45. The lowest BCUT2D eigenvalue weighted by atomic mass is 9.68. The van der Waals surface area contributed by atoms with Crippen LogP contribution in [0.1, 0.15) is 51.9 Å². The number of nitrogens with two attached hydrogens (primary N) is 1. The van der Waals surface area contributed by atoms with Gasteiger partial charge in [0.05, 0.1) is 0 Å². The third kappa shape index (κ3) is 2.80. The second kappa shape index (κ2) is 5.20. The molecule has 0 bridgehead atoms. The van der Waals surface area contributed by atoms with Gasteiger partial charge >= 0.3 is 6.18 Å². The fourth-order valence-corrected chi connectivity index (χ4v) is 3.44. The number of nitrogens with zero attached hydrogens (tertiary/aromatic N) is 1. The van der Waals surface area contributed by atoms with Crippen LogP contribution < -0.4 is 5.73 Å². The number of likely N-dealkylation sites (tertiary alicyclic amines) is 1. The number of carbonyl (C=O) groups excluding carboxylic acids is 1. The van der Waals surface area contributed by atoms with E-state index in [1.54, 1.807) is 0 Å². The molecule has 1 saturated carbocycles. The second-order valence-electron chi connectivity index (χ2n) is 6.55. The van der Waals surface area contributed by atoms with Crippen LogP contribution in [0.5, 0.6) is 0 Å². The molecule has 1 saturated heterocycles. The average Bonchev–Trinajstić information content (AvgIpc) is 2.38. The van der Waals surface area contributed by atoms with Gasteiger partial charge in [0.15, 0.2) is 5.54 Å². The van der Waals surface area contributed by atoms with Crippen molar-refractivity contribution in [3.63, 3.8) is 0 Å². The smallest absolute Gasteiger partial charge is 0.341 e. The van der Waals surface area contributed by atoms with Crippen molar-refractivity contribution in [1.82, 2.24) is 4.90 Å². The summed E-state index contributed by atoms with van der Waals surface area (Å²) in [5.74, 6) is -0.990. The maximum absolute atomic E-state index is 12.8. The predicted octanol–water partition coefficient (Wildman–Crippen LogP) is 2.84. The van der Waals surface area contributed by atoms with Crippen molar-refractivity contribution >= 4 is 5.91 Å². The molecule has 2 N–H and O–H groups in total. The van der Waals surface area contributed by atoms with Crippen LogP contribution in [0.4, 0.5) is 13.2 Å². The third-order valence-corrected chi connectivity index (χ3v) is 5.06. The van der Waals surface area contributed by atoms with Gasteiger partial charge in [-0.25, -0.2) is 0 Å². The first kappa shape index (κ1) is 15.6. The molecular formula is C14H23F3N2O. The standard InChI is InChI=1S/C14H23F3N2O/c1-12(18,14(15,16)17)11(20)19-9-7-13(8-10-19)5-3-2-4-6-13/h2-10,18H2,1H3. The molecule has 0 aromatic carbocycles. The Morgan fingerprint density at radius 2 is 1.55 bits per heavy atom. The Morgan fingerprint density at radius 1 is 1.05 bits per heavy atom. The van der Waals surface area contributed by atoms with Gasteiger partial charge in [-0.2, -0.15) is 13.2 Å². The van der Waals surface area contributed by atoms with Gasteiger partial charge in [0, 0.05) is 13.1 Å². The Bertz CT molecular complexity index is 363. The van der Waals surface area contributed by atoms with Crippen molar-refractivity contribution in [2.24, 2.45) is 11.1 Å². The number of amides is 1. The molecule has 1 unspecified atom stereocenters. The van der Waals surface area contributed by atoms with E-state index in [0.717, 1.165) is 32.6 Å². The van der Waals surface area contributed by atoms with E-state index < -0.39 is 17.6 Å². The van der Waals surface area contributed by atoms with Gasteiger partial charge in [-0.05, 0) is 38.0 Å². The molecule has 6 heteroatoms. The van der Waals surface area contributed by atoms with Crippen molar-refractivity contribution in [2.45, 2.75) is 63.6 Å². The van der Waals surface area contributed by atoms with Crippen LogP contribution in [-0.2, 0) is 4.79 Å². The van der Waals surface area contributed by atoms with Gasteiger partial charge in [-0.15, -0.1) is 0 Å². The highest BCUT2D eigenvalue weighted by atomic mass is 19.4. The molecule has 1 aliphatic heterocycles. The van der Waals surface area contributed by atoms with Crippen LogP contribution in [0.2, 0.25) is 0 Å². The monoisotopic (exact) mass is 292 g/mol. The van der Waals surface area contributed by atoms with E-state index >= 15 is 0 Å². The first-order valence-corrected chi connectivity index (χ1v) is 7.33. The Labute approximate surface area is 117 Å². The van der Waals surface area contributed by atoms with Gasteiger partial charge in [-0.3, -0.25) is 4.79 Å². The quantitative estimate of drug-likeness (QED) is 0.808. The summed E-state index contributed by atoms with van der Waals surface area (Å²) in [4.78, 5) is 13.3. The van der Waals surface area contributed by atoms with Crippen LogP contribution >= 0.6 is 0 Å². The van der Waals surface area contributed by atoms with Crippen LogP contribution in [0.15, 0.2) is 0 Å². The Balaban J connectivity index is 1.98. The molecule has 0 aromatic heterocycles. The van der Waals surface area contributed by atoms with Crippen molar-refractivity contribution in [3.8, 4) is 0 Å². The average molecular weight is 292 g/mol. The molecule has 2 fully saturated rings.